The highest BCUT2D eigenvalue weighted by atomic mass is 16.2. The van der Waals surface area contributed by atoms with Crippen molar-refractivity contribution in [1.29, 1.82) is 0 Å². The average molecular weight is 289 g/mol. The maximum atomic E-state index is 12.7. The van der Waals surface area contributed by atoms with E-state index in [4.69, 9.17) is 0 Å². The quantitative estimate of drug-likeness (QED) is 0.921. The molecule has 114 valence electrons. The van der Waals surface area contributed by atoms with E-state index in [1.165, 1.54) is 0 Å². The molecule has 0 bridgehead atoms. The third-order valence-corrected chi connectivity index (χ3v) is 4.62. The Hall–Kier alpha value is -1.78. The van der Waals surface area contributed by atoms with Gasteiger partial charge < -0.3 is 14.8 Å². The Kier molecular flexibility index (Phi) is 3.74. The molecule has 1 saturated heterocycles. The van der Waals surface area contributed by atoms with Crippen molar-refractivity contribution in [1.82, 2.24) is 14.8 Å². The Balaban J connectivity index is 1.72. The van der Waals surface area contributed by atoms with Crippen molar-refractivity contribution in [3.63, 3.8) is 0 Å². The lowest BCUT2D eigenvalue weighted by molar-refractivity contribution is -0.130. The van der Waals surface area contributed by atoms with E-state index in [2.05, 4.69) is 4.98 Å². The zero-order chi connectivity index (χ0) is 15.0. The molecular formula is C16H23N3O2. The van der Waals surface area contributed by atoms with Gasteiger partial charge in [-0.3, -0.25) is 9.59 Å². The molecule has 2 heterocycles. The summed E-state index contributed by atoms with van der Waals surface area (Å²) in [5, 5.41) is 0. The van der Waals surface area contributed by atoms with Gasteiger partial charge in [0.05, 0.1) is 5.56 Å². The highest BCUT2D eigenvalue weighted by Crippen LogP contribution is 2.29. The fourth-order valence-electron chi connectivity index (χ4n) is 3.28. The Labute approximate surface area is 125 Å². The smallest absolute Gasteiger partial charge is 0.255 e. The predicted octanol–water partition coefficient (Wildman–Crippen LogP) is 1.94. The first-order valence-corrected chi connectivity index (χ1v) is 7.80. The minimum Gasteiger partial charge on any atom is -0.365 e. The van der Waals surface area contributed by atoms with Gasteiger partial charge in [0.2, 0.25) is 5.91 Å². The van der Waals surface area contributed by atoms with Crippen LogP contribution in [0, 0.1) is 6.92 Å². The summed E-state index contributed by atoms with van der Waals surface area (Å²) in [5.41, 5.74) is 1.67. The van der Waals surface area contributed by atoms with Crippen LogP contribution in [-0.2, 0) is 4.79 Å². The number of aryl methyl sites for hydroxylation is 1. The largest absolute Gasteiger partial charge is 0.365 e. The monoisotopic (exact) mass is 289 g/mol. The summed E-state index contributed by atoms with van der Waals surface area (Å²) in [6, 6.07) is 2.42. The van der Waals surface area contributed by atoms with Crippen LogP contribution in [0.15, 0.2) is 12.3 Å². The molecule has 0 aromatic carbocycles. The van der Waals surface area contributed by atoms with Crippen LogP contribution < -0.4 is 0 Å². The number of likely N-dealkylation sites (tertiary alicyclic amines) is 1. The molecule has 1 atom stereocenters. The third kappa shape index (κ3) is 2.82. The van der Waals surface area contributed by atoms with Gasteiger partial charge in [0.15, 0.2) is 0 Å². The molecule has 1 aromatic rings. The molecule has 0 spiro atoms. The molecule has 5 heteroatoms. The van der Waals surface area contributed by atoms with Crippen LogP contribution in [0.5, 0.6) is 0 Å². The highest BCUT2D eigenvalue weighted by Gasteiger charge is 2.37. The molecule has 2 amide bonds. The van der Waals surface area contributed by atoms with E-state index >= 15 is 0 Å². The molecule has 2 fully saturated rings. The molecule has 3 rings (SSSR count). The second-order valence-electron chi connectivity index (χ2n) is 6.21. The van der Waals surface area contributed by atoms with E-state index in [1.54, 1.807) is 13.1 Å². The molecule has 1 N–H and O–H groups in total. The van der Waals surface area contributed by atoms with Crippen LogP contribution >= 0.6 is 0 Å². The molecular weight excluding hydrogens is 266 g/mol. The molecule has 0 radical (unpaired) electrons. The summed E-state index contributed by atoms with van der Waals surface area (Å²) >= 11 is 0. The van der Waals surface area contributed by atoms with Gasteiger partial charge in [0.25, 0.3) is 5.91 Å². The van der Waals surface area contributed by atoms with Gasteiger partial charge in [-0.25, -0.2) is 0 Å². The van der Waals surface area contributed by atoms with Gasteiger partial charge in [0, 0.05) is 44.0 Å². The lowest BCUT2D eigenvalue weighted by Crippen LogP contribution is -2.45. The summed E-state index contributed by atoms with van der Waals surface area (Å²) in [5.74, 6) is 0.227. The van der Waals surface area contributed by atoms with E-state index in [1.807, 2.05) is 22.8 Å². The summed E-state index contributed by atoms with van der Waals surface area (Å²) in [6.45, 7) is 5.04. The zero-order valence-electron chi connectivity index (χ0n) is 12.8. The Bertz CT molecular complexity index is 547. The summed E-state index contributed by atoms with van der Waals surface area (Å²) in [4.78, 5) is 31.4. The van der Waals surface area contributed by atoms with E-state index in [-0.39, 0.29) is 17.9 Å². The number of amides is 2. The van der Waals surface area contributed by atoms with Crippen molar-refractivity contribution in [3.05, 3.63) is 23.5 Å². The van der Waals surface area contributed by atoms with E-state index in [0.717, 1.165) is 43.5 Å². The number of hydrogen-bond acceptors (Lipinski definition) is 2. The second kappa shape index (κ2) is 5.54. The van der Waals surface area contributed by atoms with Gasteiger partial charge in [-0.15, -0.1) is 0 Å². The molecule has 1 saturated carbocycles. The summed E-state index contributed by atoms with van der Waals surface area (Å²) in [7, 11) is 0. The second-order valence-corrected chi connectivity index (χ2v) is 6.21. The van der Waals surface area contributed by atoms with Crippen molar-refractivity contribution >= 4 is 11.8 Å². The van der Waals surface area contributed by atoms with Gasteiger partial charge in [-0.1, -0.05) is 0 Å². The summed E-state index contributed by atoms with van der Waals surface area (Å²) in [6.07, 6.45) is 6.04. The van der Waals surface area contributed by atoms with Crippen LogP contribution in [0.25, 0.3) is 0 Å². The number of hydrogen-bond donors (Lipinski definition) is 1. The van der Waals surface area contributed by atoms with E-state index in [9.17, 15) is 9.59 Å². The van der Waals surface area contributed by atoms with Crippen molar-refractivity contribution in [2.45, 2.75) is 51.6 Å². The SMILES string of the molecule is CC(=O)N(C[C@@H]1CCCN1C(=O)c1cc[nH]c1C)C1CC1. The standard InChI is InChI=1S/C16H23N3O2/c1-11-15(7-8-17-11)16(21)18-9-3-4-14(18)10-19(12(2)20)13-5-6-13/h7-8,13-14,17H,3-6,9-10H2,1-2H3/t14-/m0/s1. The zero-order valence-corrected chi connectivity index (χ0v) is 12.8. The number of nitrogens with one attached hydrogen (secondary N) is 1. The van der Waals surface area contributed by atoms with Crippen LogP contribution in [-0.4, -0.2) is 51.8 Å². The van der Waals surface area contributed by atoms with Gasteiger partial charge in [0.1, 0.15) is 0 Å². The van der Waals surface area contributed by atoms with E-state index < -0.39 is 0 Å². The third-order valence-electron chi connectivity index (χ3n) is 4.62. The van der Waals surface area contributed by atoms with Crippen LogP contribution in [0.1, 0.15) is 48.7 Å². The maximum Gasteiger partial charge on any atom is 0.255 e. The minimum absolute atomic E-state index is 0.0931. The topological polar surface area (TPSA) is 56.4 Å². The summed E-state index contributed by atoms with van der Waals surface area (Å²) < 4.78 is 0. The molecule has 1 aromatic heterocycles. The minimum atomic E-state index is 0.0931. The molecule has 1 aliphatic carbocycles. The number of nitrogens with zero attached hydrogens (tertiary/aromatic N) is 2. The van der Waals surface area contributed by atoms with Gasteiger partial charge >= 0.3 is 0 Å². The molecule has 1 aliphatic heterocycles. The molecule has 5 nitrogen and oxygen atoms in total. The highest BCUT2D eigenvalue weighted by molar-refractivity contribution is 5.95. The molecule has 2 aliphatic rings. The van der Waals surface area contributed by atoms with Crippen molar-refractivity contribution < 1.29 is 9.59 Å². The van der Waals surface area contributed by atoms with Gasteiger partial charge in [-0.2, -0.15) is 0 Å². The van der Waals surface area contributed by atoms with Gasteiger partial charge in [-0.05, 0) is 38.7 Å². The normalized spacial score (nSPS) is 21.6. The van der Waals surface area contributed by atoms with Crippen molar-refractivity contribution in [2.24, 2.45) is 0 Å². The Morgan fingerprint density at radius 1 is 1.38 bits per heavy atom. The number of H-pyrrole nitrogens is 1. The number of carbonyl (C=O) groups is 2. The van der Waals surface area contributed by atoms with Crippen LogP contribution in [0.4, 0.5) is 0 Å². The lowest BCUT2D eigenvalue weighted by Gasteiger charge is -2.30. The van der Waals surface area contributed by atoms with Crippen molar-refractivity contribution in [3.8, 4) is 0 Å². The van der Waals surface area contributed by atoms with E-state index in [0.29, 0.717) is 12.6 Å². The molecule has 0 unspecified atom stereocenters. The maximum absolute atomic E-state index is 12.7. The van der Waals surface area contributed by atoms with Crippen LogP contribution in [0.2, 0.25) is 0 Å². The average Bonchev–Trinajstić information content (AvgIpc) is 3.01. The lowest BCUT2D eigenvalue weighted by atomic mass is 10.1. The number of carbonyl (C=O) groups excluding carboxylic acids is 2. The fourth-order valence-corrected chi connectivity index (χ4v) is 3.28. The number of aromatic amines is 1. The Morgan fingerprint density at radius 3 is 2.71 bits per heavy atom. The first-order valence-electron chi connectivity index (χ1n) is 7.80. The first-order chi connectivity index (χ1) is 10.1. The van der Waals surface area contributed by atoms with Crippen LogP contribution in [0.3, 0.4) is 0 Å². The number of rotatable bonds is 4. The molecule has 21 heavy (non-hydrogen) atoms. The fraction of sp³-hybridized carbons (Fsp3) is 0.625. The predicted molar refractivity (Wildman–Crippen MR) is 80.0 cm³/mol. The Morgan fingerprint density at radius 2 is 2.14 bits per heavy atom. The van der Waals surface area contributed by atoms with Crippen molar-refractivity contribution in [2.75, 3.05) is 13.1 Å². The number of aromatic nitrogens is 1. The first kappa shape index (κ1) is 14.2.